The molecular formula is C17H24N2O4. The molecule has 6 heteroatoms. The number of primary amides is 1. The lowest BCUT2D eigenvalue weighted by molar-refractivity contribution is -0.165. The predicted octanol–water partition coefficient (Wildman–Crippen LogP) is 1.49. The van der Waals surface area contributed by atoms with E-state index in [0.29, 0.717) is 5.92 Å². The lowest BCUT2D eigenvalue weighted by atomic mass is 9.83. The number of hydrogen-bond donors (Lipinski definition) is 2. The molecule has 6 nitrogen and oxygen atoms in total. The fourth-order valence-corrected chi connectivity index (χ4v) is 2.86. The molecule has 1 saturated heterocycles. The van der Waals surface area contributed by atoms with Gasteiger partial charge in [-0.15, -0.1) is 0 Å². The van der Waals surface area contributed by atoms with Crippen molar-refractivity contribution >= 4 is 11.9 Å². The zero-order chi connectivity index (χ0) is 16.9. The van der Waals surface area contributed by atoms with Crippen LogP contribution in [-0.4, -0.2) is 37.2 Å². The second-order valence-corrected chi connectivity index (χ2v) is 6.25. The van der Waals surface area contributed by atoms with Crippen LogP contribution in [0, 0.1) is 5.92 Å². The number of ether oxygens (including phenoxy) is 2. The van der Waals surface area contributed by atoms with Gasteiger partial charge in [-0.1, -0.05) is 12.1 Å². The maximum atomic E-state index is 12.1. The van der Waals surface area contributed by atoms with E-state index in [1.807, 2.05) is 13.8 Å². The first-order chi connectivity index (χ1) is 10.9. The Morgan fingerprint density at radius 1 is 1.26 bits per heavy atom. The van der Waals surface area contributed by atoms with Crippen LogP contribution in [0.1, 0.15) is 37.0 Å². The van der Waals surface area contributed by atoms with E-state index in [4.69, 9.17) is 15.2 Å². The summed E-state index contributed by atoms with van der Waals surface area (Å²) in [5, 5.41) is 3.29. The van der Waals surface area contributed by atoms with E-state index in [1.165, 1.54) is 0 Å². The number of amides is 1. The highest BCUT2D eigenvalue weighted by atomic mass is 16.6. The van der Waals surface area contributed by atoms with Crippen LogP contribution in [0.25, 0.3) is 0 Å². The van der Waals surface area contributed by atoms with Gasteiger partial charge in [-0.25, -0.2) is 4.79 Å². The van der Waals surface area contributed by atoms with Crippen LogP contribution < -0.4 is 15.8 Å². The molecule has 0 atom stereocenters. The normalized spacial score (nSPS) is 15.9. The number of hydrogen-bond acceptors (Lipinski definition) is 5. The monoisotopic (exact) mass is 320 g/mol. The molecule has 3 N–H and O–H groups in total. The van der Waals surface area contributed by atoms with Crippen LogP contribution in [0.15, 0.2) is 24.3 Å². The van der Waals surface area contributed by atoms with Gasteiger partial charge in [0.15, 0.2) is 6.61 Å². The highest BCUT2D eigenvalue weighted by molar-refractivity contribution is 5.95. The third kappa shape index (κ3) is 4.69. The van der Waals surface area contributed by atoms with Gasteiger partial charge in [-0.05, 0) is 51.9 Å². The summed E-state index contributed by atoms with van der Waals surface area (Å²) < 4.78 is 11.0. The van der Waals surface area contributed by atoms with Gasteiger partial charge in [-0.2, -0.15) is 0 Å². The van der Waals surface area contributed by atoms with Crippen LogP contribution >= 0.6 is 0 Å². The summed E-state index contributed by atoms with van der Waals surface area (Å²) in [5.41, 5.74) is 4.99. The van der Waals surface area contributed by atoms with Crippen molar-refractivity contribution < 1.29 is 19.1 Å². The number of nitrogens with one attached hydrogen (secondary N) is 1. The highest BCUT2D eigenvalue weighted by Gasteiger charge is 2.34. The van der Waals surface area contributed by atoms with Crippen molar-refractivity contribution in [2.45, 2.75) is 32.3 Å². The lowest BCUT2D eigenvalue weighted by Gasteiger charge is -2.36. The van der Waals surface area contributed by atoms with Gasteiger partial charge in [0, 0.05) is 5.92 Å². The fourth-order valence-electron chi connectivity index (χ4n) is 2.86. The molecule has 1 aliphatic heterocycles. The van der Waals surface area contributed by atoms with E-state index >= 15 is 0 Å². The van der Waals surface area contributed by atoms with Gasteiger partial charge in [-0.3, -0.25) is 4.79 Å². The Balaban J connectivity index is 1.91. The SMILES string of the molecule is CC(C)(OC(=O)COc1ccccc1C(N)=O)C1CCNCC1. The fraction of sp³-hybridized carbons (Fsp3) is 0.529. The summed E-state index contributed by atoms with van der Waals surface area (Å²) in [6, 6.07) is 6.56. The molecule has 1 aromatic rings. The summed E-state index contributed by atoms with van der Waals surface area (Å²) in [5.74, 6) is -0.431. The number of carbonyl (C=O) groups excluding carboxylic acids is 2. The average molecular weight is 320 g/mol. The van der Waals surface area contributed by atoms with Crippen molar-refractivity contribution in [3.05, 3.63) is 29.8 Å². The van der Waals surface area contributed by atoms with Gasteiger partial charge in [0.25, 0.3) is 5.91 Å². The number of rotatable bonds is 6. The minimum absolute atomic E-state index is 0.248. The van der Waals surface area contributed by atoms with E-state index < -0.39 is 17.5 Å². The van der Waals surface area contributed by atoms with Gasteiger partial charge in [0.05, 0.1) is 5.56 Å². The van der Waals surface area contributed by atoms with Crippen LogP contribution in [0.3, 0.4) is 0 Å². The number of nitrogens with two attached hydrogens (primary N) is 1. The second-order valence-electron chi connectivity index (χ2n) is 6.25. The molecule has 0 bridgehead atoms. The van der Waals surface area contributed by atoms with Crippen LogP contribution in [-0.2, 0) is 9.53 Å². The smallest absolute Gasteiger partial charge is 0.344 e. The molecule has 1 heterocycles. The Hall–Kier alpha value is -2.08. The summed E-state index contributed by atoms with van der Waals surface area (Å²) in [6.45, 7) is 5.48. The second kappa shape index (κ2) is 7.46. The van der Waals surface area contributed by atoms with Crippen molar-refractivity contribution in [3.8, 4) is 5.75 Å². The predicted molar refractivity (Wildman–Crippen MR) is 86.2 cm³/mol. The van der Waals surface area contributed by atoms with Crippen LogP contribution in [0.5, 0.6) is 5.75 Å². The largest absolute Gasteiger partial charge is 0.481 e. The maximum Gasteiger partial charge on any atom is 0.344 e. The Kier molecular flexibility index (Phi) is 5.60. The van der Waals surface area contributed by atoms with Crippen molar-refractivity contribution in [3.63, 3.8) is 0 Å². The minimum Gasteiger partial charge on any atom is -0.481 e. The number of esters is 1. The molecule has 1 aromatic carbocycles. The lowest BCUT2D eigenvalue weighted by Crippen LogP contribution is -2.43. The number of para-hydroxylation sites is 1. The molecule has 2 rings (SSSR count). The zero-order valence-electron chi connectivity index (χ0n) is 13.6. The Bertz CT molecular complexity index is 565. The molecule has 126 valence electrons. The van der Waals surface area contributed by atoms with Crippen molar-refractivity contribution in [2.75, 3.05) is 19.7 Å². The minimum atomic E-state index is -0.594. The molecule has 0 spiro atoms. The van der Waals surface area contributed by atoms with E-state index in [9.17, 15) is 9.59 Å². The summed E-state index contributed by atoms with van der Waals surface area (Å²) in [7, 11) is 0. The average Bonchev–Trinajstić information content (AvgIpc) is 2.53. The standard InChI is InChI=1S/C17H24N2O4/c1-17(2,12-7-9-19-10-8-12)23-15(20)11-22-14-6-4-3-5-13(14)16(18)21/h3-6,12,19H,7-11H2,1-2H3,(H2,18,21). The van der Waals surface area contributed by atoms with Gasteiger partial charge in [0.1, 0.15) is 11.4 Å². The summed E-state index contributed by atoms with van der Waals surface area (Å²) >= 11 is 0. The van der Waals surface area contributed by atoms with Gasteiger partial charge >= 0.3 is 5.97 Å². The molecular weight excluding hydrogens is 296 g/mol. The molecule has 0 aromatic heterocycles. The topological polar surface area (TPSA) is 90.7 Å². The molecule has 1 aliphatic rings. The number of carbonyl (C=O) groups is 2. The molecule has 1 fully saturated rings. The first-order valence-corrected chi connectivity index (χ1v) is 7.84. The Morgan fingerprint density at radius 2 is 1.91 bits per heavy atom. The molecule has 0 radical (unpaired) electrons. The molecule has 0 unspecified atom stereocenters. The first-order valence-electron chi connectivity index (χ1n) is 7.84. The quantitative estimate of drug-likeness (QED) is 0.775. The highest BCUT2D eigenvalue weighted by Crippen LogP contribution is 2.29. The van der Waals surface area contributed by atoms with Crippen molar-refractivity contribution in [1.82, 2.24) is 5.32 Å². The first kappa shape index (κ1) is 17.3. The van der Waals surface area contributed by atoms with Gasteiger partial charge < -0.3 is 20.5 Å². The van der Waals surface area contributed by atoms with Crippen molar-refractivity contribution in [1.29, 1.82) is 0 Å². The van der Waals surface area contributed by atoms with Crippen LogP contribution in [0.2, 0.25) is 0 Å². The van der Waals surface area contributed by atoms with Gasteiger partial charge in [0.2, 0.25) is 0 Å². The number of piperidine rings is 1. The van der Waals surface area contributed by atoms with Crippen LogP contribution in [0.4, 0.5) is 0 Å². The molecule has 0 aliphatic carbocycles. The summed E-state index contributed by atoms with van der Waals surface area (Å²) in [6.07, 6.45) is 1.96. The maximum absolute atomic E-state index is 12.1. The molecule has 23 heavy (non-hydrogen) atoms. The molecule has 1 amide bonds. The Morgan fingerprint density at radius 3 is 2.57 bits per heavy atom. The zero-order valence-corrected chi connectivity index (χ0v) is 13.6. The van der Waals surface area contributed by atoms with E-state index in [2.05, 4.69) is 5.32 Å². The van der Waals surface area contributed by atoms with E-state index in [1.54, 1.807) is 24.3 Å². The third-order valence-corrected chi connectivity index (χ3v) is 4.20. The van der Waals surface area contributed by atoms with E-state index in [-0.39, 0.29) is 17.9 Å². The summed E-state index contributed by atoms with van der Waals surface area (Å²) in [4.78, 5) is 23.4. The molecule has 0 saturated carbocycles. The Labute approximate surface area is 136 Å². The van der Waals surface area contributed by atoms with Crippen molar-refractivity contribution in [2.24, 2.45) is 11.7 Å². The number of benzene rings is 1. The third-order valence-electron chi connectivity index (χ3n) is 4.20. The van der Waals surface area contributed by atoms with E-state index in [0.717, 1.165) is 25.9 Å².